The number of nitrogens with one attached hydrogen (secondary N) is 1. The number of hydrogen-bond donors (Lipinski definition) is 2. The van der Waals surface area contributed by atoms with Crippen molar-refractivity contribution in [1.29, 1.82) is 0 Å². The standard InChI is InChI=1S/C20H27N5O/c1-2-15-5-3-4-6-17(15)18(21)13-24-20(26)16-7-11-25(12-8-16)19-14-22-9-10-23-19/h3-6,9-10,14,16,18H,2,7-8,11-13,21H2,1H3,(H,24,26). The first-order valence-electron chi connectivity index (χ1n) is 9.31. The van der Waals surface area contributed by atoms with Crippen molar-refractivity contribution >= 4 is 11.7 Å². The molecule has 2 aromatic rings. The molecule has 6 nitrogen and oxygen atoms in total. The highest BCUT2D eigenvalue weighted by Crippen LogP contribution is 2.22. The number of carbonyl (C=O) groups excluding carboxylic acids is 1. The summed E-state index contributed by atoms with van der Waals surface area (Å²) in [7, 11) is 0. The summed E-state index contributed by atoms with van der Waals surface area (Å²) in [5.74, 6) is 1.02. The summed E-state index contributed by atoms with van der Waals surface area (Å²) >= 11 is 0. The molecule has 0 spiro atoms. The highest BCUT2D eigenvalue weighted by Gasteiger charge is 2.26. The van der Waals surface area contributed by atoms with Crippen LogP contribution in [0.2, 0.25) is 0 Å². The largest absolute Gasteiger partial charge is 0.355 e. The average Bonchev–Trinajstić information content (AvgIpc) is 2.72. The molecule has 138 valence electrons. The fourth-order valence-electron chi connectivity index (χ4n) is 3.51. The number of hydrogen-bond acceptors (Lipinski definition) is 5. The van der Waals surface area contributed by atoms with E-state index >= 15 is 0 Å². The van der Waals surface area contributed by atoms with Crippen LogP contribution in [-0.2, 0) is 11.2 Å². The van der Waals surface area contributed by atoms with E-state index in [4.69, 9.17) is 5.73 Å². The molecule has 1 aliphatic rings. The van der Waals surface area contributed by atoms with Gasteiger partial charge in [-0.15, -0.1) is 0 Å². The Balaban J connectivity index is 1.49. The topological polar surface area (TPSA) is 84.1 Å². The summed E-state index contributed by atoms with van der Waals surface area (Å²) < 4.78 is 0. The number of aromatic nitrogens is 2. The minimum absolute atomic E-state index is 0.0385. The van der Waals surface area contributed by atoms with Gasteiger partial charge in [0.05, 0.1) is 6.20 Å². The maximum atomic E-state index is 12.5. The molecule has 0 radical (unpaired) electrons. The molecular formula is C20H27N5O. The molecule has 0 aliphatic carbocycles. The van der Waals surface area contributed by atoms with Crippen molar-refractivity contribution in [2.24, 2.45) is 11.7 Å². The second-order valence-electron chi connectivity index (χ2n) is 6.73. The minimum atomic E-state index is -0.171. The van der Waals surface area contributed by atoms with E-state index in [1.807, 2.05) is 12.1 Å². The van der Waals surface area contributed by atoms with Crippen molar-refractivity contribution in [2.45, 2.75) is 32.2 Å². The summed E-state index contributed by atoms with van der Waals surface area (Å²) in [6.45, 7) is 4.23. The molecular weight excluding hydrogens is 326 g/mol. The highest BCUT2D eigenvalue weighted by atomic mass is 16.1. The molecule has 0 saturated carbocycles. The molecule has 26 heavy (non-hydrogen) atoms. The smallest absolute Gasteiger partial charge is 0.223 e. The first-order valence-corrected chi connectivity index (χ1v) is 9.31. The number of aryl methyl sites for hydroxylation is 1. The number of carbonyl (C=O) groups is 1. The highest BCUT2D eigenvalue weighted by molar-refractivity contribution is 5.79. The Morgan fingerprint density at radius 1 is 1.31 bits per heavy atom. The second kappa shape index (κ2) is 8.76. The first kappa shape index (κ1) is 18.3. The van der Waals surface area contributed by atoms with E-state index in [2.05, 4.69) is 39.2 Å². The van der Waals surface area contributed by atoms with Crippen LogP contribution >= 0.6 is 0 Å². The van der Waals surface area contributed by atoms with Gasteiger partial charge in [0.15, 0.2) is 0 Å². The van der Waals surface area contributed by atoms with Gasteiger partial charge in [0.2, 0.25) is 5.91 Å². The van der Waals surface area contributed by atoms with E-state index in [-0.39, 0.29) is 17.9 Å². The maximum absolute atomic E-state index is 12.5. The van der Waals surface area contributed by atoms with Crippen molar-refractivity contribution in [3.05, 3.63) is 54.0 Å². The number of benzene rings is 1. The Kier molecular flexibility index (Phi) is 6.17. The van der Waals surface area contributed by atoms with E-state index in [9.17, 15) is 4.79 Å². The van der Waals surface area contributed by atoms with Crippen LogP contribution in [-0.4, -0.2) is 35.5 Å². The van der Waals surface area contributed by atoms with E-state index in [0.29, 0.717) is 6.54 Å². The van der Waals surface area contributed by atoms with Gasteiger partial charge in [-0.1, -0.05) is 31.2 Å². The SMILES string of the molecule is CCc1ccccc1C(N)CNC(=O)C1CCN(c2cnccn2)CC1. The van der Waals surface area contributed by atoms with Crippen molar-refractivity contribution in [2.75, 3.05) is 24.5 Å². The van der Waals surface area contributed by atoms with Crippen LogP contribution in [0.4, 0.5) is 5.82 Å². The molecule has 6 heteroatoms. The molecule has 1 aromatic carbocycles. The van der Waals surface area contributed by atoms with Crippen LogP contribution < -0.4 is 16.0 Å². The summed E-state index contributed by atoms with van der Waals surface area (Å²) in [5.41, 5.74) is 8.67. The van der Waals surface area contributed by atoms with E-state index in [1.165, 1.54) is 5.56 Å². The normalized spacial score (nSPS) is 16.3. The summed E-state index contributed by atoms with van der Waals surface area (Å²) in [6.07, 6.45) is 7.73. The van der Waals surface area contributed by atoms with Crippen molar-refractivity contribution in [3.8, 4) is 0 Å². The fraction of sp³-hybridized carbons (Fsp3) is 0.450. The Morgan fingerprint density at radius 2 is 2.08 bits per heavy atom. The fourth-order valence-corrected chi connectivity index (χ4v) is 3.51. The third-order valence-electron chi connectivity index (χ3n) is 5.07. The number of nitrogens with two attached hydrogens (primary N) is 1. The Hall–Kier alpha value is -2.47. The number of anilines is 1. The lowest BCUT2D eigenvalue weighted by Crippen LogP contribution is -2.42. The maximum Gasteiger partial charge on any atom is 0.223 e. The summed E-state index contributed by atoms with van der Waals surface area (Å²) in [6, 6.07) is 8.00. The molecule has 3 N–H and O–H groups in total. The van der Waals surface area contributed by atoms with Gasteiger partial charge in [0, 0.05) is 44.0 Å². The molecule has 1 aromatic heterocycles. The Bertz CT molecular complexity index is 713. The molecule has 2 heterocycles. The van der Waals surface area contributed by atoms with Gasteiger partial charge in [0.1, 0.15) is 5.82 Å². The quantitative estimate of drug-likeness (QED) is 0.830. The summed E-state index contributed by atoms with van der Waals surface area (Å²) in [4.78, 5) is 23.1. The third kappa shape index (κ3) is 4.38. The molecule has 1 amide bonds. The molecule has 1 unspecified atom stereocenters. The predicted octanol–water partition coefficient (Wildman–Crippen LogP) is 2.07. The zero-order valence-corrected chi connectivity index (χ0v) is 15.3. The van der Waals surface area contributed by atoms with Gasteiger partial charge < -0.3 is 16.0 Å². The van der Waals surface area contributed by atoms with E-state index < -0.39 is 0 Å². The van der Waals surface area contributed by atoms with E-state index in [1.54, 1.807) is 18.6 Å². The van der Waals surface area contributed by atoms with Crippen LogP contribution in [0.1, 0.15) is 36.9 Å². The lowest BCUT2D eigenvalue weighted by molar-refractivity contribution is -0.125. The van der Waals surface area contributed by atoms with Gasteiger partial charge in [-0.2, -0.15) is 0 Å². The number of piperidine rings is 1. The van der Waals surface area contributed by atoms with Crippen LogP contribution in [0, 0.1) is 5.92 Å². The molecule has 1 saturated heterocycles. The van der Waals surface area contributed by atoms with Crippen molar-refractivity contribution in [3.63, 3.8) is 0 Å². The predicted molar refractivity (Wildman–Crippen MR) is 103 cm³/mol. The average molecular weight is 353 g/mol. The molecule has 1 atom stereocenters. The Morgan fingerprint density at radius 3 is 2.77 bits per heavy atom. The van der Waals surface area contributed by atoms with Crippen molar-refractivity contribution < 1.29 is 4.79 Å². The van der Waals surface area contributed by atoms with Gasteiger partial charge in [-0.25, -0.2) is 4.98 Å². The zero-order chi connectivity index (χ0) is 18.4. The number of nitrogens with zero attached hydrogens (tertiary/aromatic N) is 3. The number of rotatable bonds is 6. The first-order chi connectivity index (χ1) is 12.7. The monoisotopic (exact) mass is 353 g/mol. The van der Waals surface area contributed by atoms with Crippen LogP contribution in [0.15, 0.2) is 42.9 Å². The van der Waals surface area contributed by atoms with Crippen LogP contribution in [0.25, 0.3) is 0 Å². The van der Waals surface area contributed by atoms with Gasteiger partial charge in [-0.05, 0) is 30.4 Å². The Labute approximate surface area is 154 Å². The van der Waals surface area contributed by atoms with Gasteiger partial charge in [-0.3, -0.25) is 9.78 Å². The van der Waals surface area contributed by atoms with E-state index in [0.717, 1.165) is 43.7 Å². The van der Waals surface area contributed by atoms with Gasteiger partial charge in [0.25, 0.3) is 0 Å². The molecule has 0 bridgehead atoms. The third-order valence-corrected chi connectivity index (χ3v) is 5.07. The summed E-state index contributed by atoms with van der Waals surface area (Å²) in [5, 5.41) is 3.05. The molecule has 3 rings (SSSR count). The van der Waals surface area contributed by atoms with Crippen LogP contribution in [0.5, 0.6) is 0 Å². The minimum Gasteiger partial charge on any atom is -0.355 e. The molecule has 1 fully saturated rings. The lowest BCUT2D eigenvalue weighted by atomic mass is 9.95. The lowest BCUT2D eigenvalue weighted by Gasteiger charge is -2.32. The number of amides is 1. The van der Waals surface area contributed by atoms with Gasteiger partial charge >= 0.3 is 0 Å². The zero-order valence-electron chi connectivity index (χ0n) is 15.3. The molecule has 1 aliphatic heterocycles. The second-order valence-corrected chi connectivity index (χ2v) is 6.73. The van der Waals surface area contributed by atoms with Crippen LogP contribution in [0.3, 0.4) is 0 Å². The van der Waals surface area contributed by atoms with Crippen molar-refractivity contribution in [1.82, 2.24) is 15.3 Å².